The summed E-state index contributed by atoms with van der Waals surface area (Å²) in [6.45, 7) is 2.60. The Kier molecular flexibility index (Phi) is 6.24. The van der Waals surface area contributed by atoms with E-state index in [2.05, 4.69) is 32.8 Å². The highest BCUT2D eigenvalue weighted by Crippen LogP contribution is 2.20. The molecule has 1 aliphatic rings. The minimum atomic E-state index is -0.258. The molecule has 26 heavy (non-hydrogen) atoms. The van der Waals surface area contributed by atoms with Crippen molar-refractivity contribution in [3.63, 3.8) is 0 Å². The molecule has 0 atom stereocenters. The third-order valence-electron chi connectivity index (χ3n) is 4.19. The number of hydrogen-bond donors (Lipinski definition) is 3. The lowest BCUT2D eigenvalue weighted by Gasteiger charge is -2.29. The molecule has 0 saturated carbocycles. The van der Waals surface area contributed by atoms with Crippen LogP contribution in [0, 0.1) is 0 Å². The Balaban J connectivity index is 1.39. The molecule has 2 amide bonds. The van der Waals surface area contributed by atoms with Gasteiger partial charge in [-0.05, 0) is 44.2 Å². The van der Waals surface area contributed by atoms with Gasteiger partial charge in [-0.1, -0.05) is 11.3 Å². The average Bonchev–Trinajstić information content (AvgIpc) is 3.04. The Bertz CT molecular complexity index is 712. The van der Waals surface area contributed by atoms with E-state index in [9.17, 15) is 4.79 Å². The van der Waals surface area contributed by atoms with Gasteiger partial charge in [-0.2, -0.15) is 0 Å². The van der Waals surface area contributed by atoms with Crippen molar-refractivity contribution < 1.29 is 9.53 Å². The molecule has 4 N–H and O–H groups in total. The fraction of sp³-hybridized carbons (Fsp3) is 0.471. The number of nitrogens with one attached hydrogen (secondary N) is 2. The Morgan fingerprint density at radius 2 is 2.04 bits per heavy atom. The van der Waals surface area contributed by atoms with Crippen LogP contribution >= 0.6 is 11.3 Å². The maximum atomic E-state index is 11.9. The van der Waals surface area contributed by atoms with E-state index < -0.39 is 0 Å². The van der Waals surface area contributed by atoms with Crippen LogP contribution in [0.3, 0.4) is 0 Å². The van der Waals surface area contributed by atoms with E-state index in [0.29, 0.717) is 18.1 Å². The fourth-order valence-corrected chi connectivity index (χ4v) is 3.35. The van der Waals surface area contributed by atoms with Crippen LogP contribution < -0.4 is 21.1 Å². The molecule has 2 heterocycles. The number of anilines is 2. The molecule has 140 valence electrons. The number of piperidine rings is 1. The molecule has 0 unspecified atom stereocenters. The third-order valence-corrected chi connectivity index (χ3v) is 5.00. The van der Waals surface area contributed by atoms with E-state index in [0.717, 1.165) is 42.4 Å². The molecule has 0 spiro atoms. The second-order valence-electron chi connectivity index (χ2n) is 6.31. The first-order chi connectivity index (χ1) is 12.6. The molecular formula is C17H24N6O2S. The van der Waals surface area contributed by atoms with Gasteiger partial charge in [-0.25, -0.2) is 4.79 Å². The predicted octanol–water partition coefficient (Wildman–Crippen LogP) is 1.96. The highest BCUT2D eigenvalue weighted by atomic mass is 32.1. The molecule has 1 fully saturated rings. The monoisotopic (exact) mass is 376 g/mol. The molecular weight excluding hydrogens is 352 g/mol. The highest BCUT2D eigenvalue weighted by molar-refractivity contribution is 7.15. The van der Waals surface area contributed by atoms with E-state index in [-0.39, 0.29) is 12.1 Å². The highest BCUT2D eigenvalue weighted by Gasteiger charge is 2.17. The Morgan fingerprint density at radius 3 is 2.69 bits per heavy atom. The molecule has 0 aliphatic carbocycles. The minimum Gasteiger partial charge on any atom is -0.490 e. The van der Waals surface area contributed by atoms with Crippen molar-refractivity contribution in [2.24, 2.45) is 0 Å². The van der Waals surface area contributed by atoms with Crippen molar-refractivity contribution in [3.8, 4) is 5.75 Å². The van der Waals surface area contributed by atoms with Crippen LogP contribution in [-0.2, 0) is 6.42 Å². The SMILES string of the molecule is CN1CCC(Oc2ccc(NC(=O)NCCc3nnc(N)s3)cc2)CC1. The molecule has 9 heteroatoms. The van der Waals surface area contributed by atoms with Crippen LogP contribution in [0.15, 0.2) is 24.3 Å². The number of urea groups is 1. The topological polar surface area (TPSA) is 105 Å². The Morgan fingerprint density at radius 1 is 1.31 bits per heavy atom. The zero-order chi connectivity index (χ0) is 18.4. The van der Waals surface area contributed by atoms with Gasteiger partial charge in [0.2, 0.25) is 5.13 Å². The number of carbonyl (C=O) groups excluding carboxylic acids is 1. The Labute approximate surface area is 156 Å². The van der Waals surface area contributed by atoms with Crippen LogP contribution in [-0.4, -0.2) is 53.9 Å². The van der Waals surface area contributed by atoms with Crippen molar-refractivity contribution in [2.75, 3.05) is 37.7 Å². The van der Waals surface area contributed by atoms with Gasteiger partial charge in [0.25, 0.3) is 0 Å². The van der Waals surface area contributed by atoms with Gasteiger partial charge in [-0.15, -0.1) is 10.2 Å². The van der Waals surface area contributed by atoms with Gasteiger partial charge >= 0.3 is 6.03 Å². The standard InChI is InChI=1S/C17H24N6O2S/c1-23-10-7-14(8-11-23)25-13-4-2-12(3-5-13)20-17(24)19-9-6-15-21-22-16(18)26-15/h2-5,14H,6-11H2,1H3,(H2,18,22)(H2,19,20,24). The van der Waals surface area contributed by atoms with E-state index in [4.69, 9.17) is 10.5 Å². The van der Waals surface area contributed by atoms with Crippen molar-refractivity contribution in [2.45, 2.75) is 25.4 Å². The second kappa shape index (κ2) is 8.81. The first kappa shape index (κ1) is 18.4. The summed E-state index contributed by atoms with van der Waals surface area (Å²) in [6.07, 6.45) is 2.95. The van der Waals surface area contributed by atoms with Gasteiger partial charge in [0, 0.05) is 31.7 Å². The summed E-state index contributed by atoms with van der Waals surface area (Å²) in [6, 6.07) is 7.20. The fourth-order valence-electron chi connectivity index (χ4n) is 2.74. The quantitative estimate of drug-likeness (QED) is 0.712. The third kappa shape index (κ3) is 5.57. The summed E-state index contributed by atoms with van der Waals surface area (Å²) >= 11 is 1.33. The van der Waals surface area contributed by atoms with E-state index in [1.54, 1.807) is 0 Å². The zero-order valence-corrected chi connectivity index (χ0v) is 15.6. The van der Waals surface area contributed by atoms with E-state index in [1.165, 1.54) is 11.3 Å². The van der Waals surface area contributed by atoms with Crippen LogP contribution in [0.5, 0.6) is 5.75 Å². The summed E-state index contributed by atoms with van der Waals surface area (Å²) in [4.78, 5) is 14.2. The number of ether oxygens (including phenoxy) is 1. The number of nitrogens with two attached hydrogens (primary N) is 1. The van der Waals surface area contributed by atoms with Crippen molar-refractivity contribution in [1.82, 2.24) is 20.4 Å². The number of benzene rings is 1. The van der Waals surface area contributed by atoms with Crippen LogP contribution in [0.2, 0.25) is 0 Å². The molecule has 1 aromatic heterocycles. The molecule has 8 nitrogen and oxygen atoms in total. The Hall–Kier alpha value is -2.39. The van der Waals surface area contributed by atoms with E-state index in [1.807, 2.05) is 24.3 Å². The van der Waals surface area contributed by atoms with Crippen LogP contribution in [0.25, 0.3) is 0 Å². The van der Waals surface area contributed by atoms with Crippen molar-refractivity contribution >= 4 is 28.2 Å². The number of amides is 2. The van der Waals surface area contributed by atoms with Gasteiger partial charge in [0.1, 0.15) is 16.9 Å². The number of nitrogen functional groups attached to an aromatic ring is 1. The maximum absolute atomic E-state index is 11.9. The normalized spacial score (nSPS) is 15.6. The van der Waals surface area contributed by atoms with Crippen LogP contribution in [0.4, 0.5) is 15.6 Å². The molecule has 1 aromatic carbocycles. The summed E-state index contributed by atoms with van der Waals surface area (Å²) < 4.78 is 6.00. The zero-order valence-electron chi connectivity index (χ0n) is 14.8. The molecule has 1 saturated heterocycles. The lowest BCUT2D eigenvalue weighted by atomic mass is 10.1. The van der Waals surface area contributed by atoms with Crippen molar-refractivity contribution in [3.05, 3.63) is 29.3 Å². The van der Waals surface area contributed by atoms with Crippen molar-refractivity contribution in [1.29, 1.82) is 0 Å². The number of likely N-dealkylation sites (tertiary alicyclic amines) is 1. The minimum absolute atomic E-state index is 0.258. The summed E-state index contributed by atoms with van der Waals surface area (Å²) in [5.41, 5.74) is 6.24. The maximum Gasteiger partial charge on any atom is 0.319 e. The largest absolute Gasteiger partial charge is 0.490 e. The van der Waals surface area contributed by atoms with Crippen LogP contribution in [0.1, 0.15) is 17.8 Å². The number of hydrogen-bond acceptors (Lipinski definition) is 7. The second-order valence-corrected chi connectivity index (χ2v) is 7.40. The number of aromatic nitrogens is 2. The average molecular weight is 376 g/mol. The first-order valence-electron chi connectivity index (χ1n) is 8.66. The number of rotatable bonds is 6. The number of carbonyl (C=O) groups is 1. The van der Waals surface area contributed by atoms with Gasteiger partial charge in [0.15, 0.2) is 0 Å². The smallest absolute Gasteiger partial charge is 0.319 e. The van der Waals surface area contributed by atoms with E-state index >= 15 is 0 Å². The summed E-state index contributed by atoms with van der Waals surface area (Å²) in [5, 5.41) is 14.5. The molecule has 3 rings (SSSR count). The van der Waals surface area contributed by atoms with Gasteiger partial charge < -0.3 is 26.0 Å². The predicted molar refractivity (Wildman–Crippen MR) is 103 cm³/mol. The molecule has 2 aromatic rings. The molecule has 0 radical (unpaired) electrons. The molecule has 1 aliphatic heterocycles. The number of nitrogens with zero attached hydrogens (tertiary/aromatic N) is 3. The van der Waals surface area contributed by atoms with Gasteiger partial charge in [-0.3, -0.25) is 0 Å². The lowest BCUT2D eigenvalue weighted by Crippen LogP contribution is -2.35. The summed E-state index contributed by atoms with van der Waals surface area (Å²) in [5.74, 6) is 0.833. The molecule has 0 bridgehead atoms. The first-order valence-corrected chi connectivity index (χ1v) is 9.48. The lowest BCUT2D eigenvalue weighted by molar-refractivity contribution is 0.114. The van der Waals surface area contributed by atoms with Gasteiger partial charge in [0.05, 0.1) is 0 Å². The summed E-state index contributed by atoms with van der Waals surface area (Å²) in [7, 11) is 2.13.